The van der Waals surface area contributed by atoms with Crippen LogP contribution in [0.25, 0.3) is 0 Å². The van der Waals surface area contributed by atoms with E-state index in [1.165, 1.54) is 7.11 Å². The van der Waals surface area contributed by atoms with Crippen LogP contribution >= 0.6 is 0 Å². The Labute approximate surface area is 410 Å². The molecule has 17 nitrogen and oxygen atoms in total. The van der Waals surface area contributed by atoms with Gasteiger partial charge in [0.25, 0.3) is 0 Å². The van der Waals surface area contributed by atoms with Crippen LogP contribution in [0, 0.1) is 23.7 Å². The van der Waals surface area contributed by atoms with Gasteiger partial charge in [-0.05, 0) is 81.4 Å². The molecule has 5 heterocycles. The van der Waals surface area contributed by atoms with Crippen LogP contribution in [0.4, 0.5) is 0 Å². The monoisotopic (exact) mass is 1020 g/mol. The number of methoxy groups -OCH3 is 1. The fourth-order valence-corrected chi connectivity index (χ4v) is 8.20. The van der Waals surface area contributed by atoms with E-state index < -0.39 is 23.8 Å². The minimum atomic E-state index is -1.08. The van der Waals surface area contributed by atoms with Crippen molar-refractivity contribution < 1.29 is 73.7 Å². The quantitative estimate of drug-likeness (QED) is 0.0666. The van der Waals surface area contributed by atoms with Gasteiger partial charge < -0.3 is 54.4 Å². The molecule has 2 N–H and O–H groups in total. The minimum absolute atomic E-state index is 0. The number of rotatable bonds is 13. The molecule has 0 aromatic heterocycles. The van der Waals surface area contributed by atoms with E-state index >= 15 is 0 Å². The van der Waals surface area contributed by atoms with Crippen LogP contribution in [0.15, 0.2) is 100 Å². The number of nitrogens with one attached hydrogen (secondary N) is 2. The van der Waals surface area contributed by atoms with Crippen molar-refractivity contribution in [3.63, 3.8) is 0 Å². The molecule has 0 saturated carbocycles. The number of ether oxygens (including phenoxy) is 1. The zero-order valence-electron chi connectivity index (χ0n) is 41.9. The number of hydrogen-bond donors (Lipinski definition) is 2. The summed E-state index contributed by atoms with van der Waals surface area (Å²) in [6, 6.07) is 0. The molecule has 5 aliphatic heterocycles. The predicted octanol–water partition coefficient (Wildman–Crippen LogP) is 1.15. The van der Waals surface area contributed by atoms with Crippen molar-refractivity contribution >= 4 is 46.8 Å². The van der Waals surface area contributed by atoms with Gasteiger partial charge in [0.1, 0.15) is 0 Å². The molecule has 0 aromatic rings. The summed E-state index contributed by atoms with van der Waals surface area (Å²) in [6.45, 7) is 15.9. The smallest absolute Gasteiger partial charge is 0.875 e. The van der Waals surface area contributed by atoms with Gasteiger partial charge in [-0.2, -0.15) is 0 Å². The van der Waals surface area contributed by atoms with Gasteiger partial charge in [0.15, 0.2) is 0 Å². The molecule has 18 heteroatoms. The Morgan fingerprint density at radius 3 is 1.93 bits per heavy atom. The van der Waals surface area contributed by atoms with E-state index in [0.717, 1.165) is 48.3 Å². The summed E-state index contributed by atoms with van der Waals surface area (Å²) < 4.78 is 6.62. The van der Waals surface area contributed by atoms with Crippen molar-refractivity contribution in [1.82, 2.24) is 10.6 Å². The molecule has 1 saturated heterocycles. The molecule has 67 heavy (non-hydrogen) atoms. The first kappa shape index (κ1) is 57.8. The number of carboxylic acid groups (broad SMARTS) is 2. The maximum atomic E-state index is 14.3. The Kier molecular flexibility index (Phi) is 21.3. The van der Waals surface area contributed by atoms with E-state index in [-0.39, 0.29) is 68.6 Å². The van der Waals surface area contributed by atoms with Crippen LogP contribution in [-0.2, 0) is 44.3 Å². The molecule has 370 valence electrons. The van der Waals surface area contributed by atoms with Crippen LogP contribution in [-0.4, -0.2) is 131 Å². The number of carbonyl (C=O) groups excluding carboxylic acids is 4. The van der Waals surface area contributed by atoms with E-state index in [0.29, 0.717) is 87.1 Å². The minimum Gasteiger partial charge on any atom is -0.875 e. The van der Waals surface area contributed by atoms with E-state index in [9.17, 15) is 19.8 Å². The average Bonchev–Trinajstić information content (AvgIpc) is 3.87. The fourth-order valence-electron chi connectivity index (χ4n) is 8.20. The average molecular weight is 1020 g/mol. The molecule has 0 radical (unpaired) electrons. The number of aliphatic carboxylic acids is 2. The van der Waals surface area contributed by atoms with Crippen LogP contribution in [0.1, 0.15) is 81.1 Å². The molecule has 8 bridgehead atoms. The van der Waals surface area contributed by atoms with Crippen molar-refractivity contribution in [2.24, 2.45) is 43.6 Å². The number of aliphatic imine (C=N–C) groups is 4. The summed E-state index contributed by atoms with van der Waals surface area (Å²) in [5.74, 6) is -3.59. The van der Waals surface area contributed by atoms with Gasteiger partial charge >= 0.3 is 26.4 Å². The Morgan fingerprint density at radius 1 is 0.806 bits per heavy atom. The molecule has 0 spiro atoms. The molecule has 0 aromatic carbocycles. The standard InChI is InChI=1S/C45H64N8O5.2C2H4O2.Pd/c1-14-30-25(2)33-24-38-41(29(6)54)27(4)35(49-38)22-34-26(3)31(15-16-39(55)46-17-19-52(7,8)9)43(50-34)32(21-40(56)58-13)44-42(45(57)47-18-20-53(10,11)12)28(5)36(51-44)23-37(30)48-33;2*1-2(3)4;/h22-26,30-31H,14-21H2,1-13H3,(H2-2,46,47,48,49,50,51,54,55,57);2*1H3,(H,3,4);/q;;;+2/p-2/t25-,26+,30-,31+;;;/m1.../s1. The van der Waals surface area contributed by atoms with Crippen molar-refractivity contribution in [3.05, 3.63) is 80.3 Å². The second-order valence-electron chi connectivity index (χ2n) is 19.2. The van der Waals surface area contributed by atoms with Crippen molar-refractivity contribution in [2.45, 2.75) is 81.1 Å². The van der Waals surface area contributed by atoms with E-state index in [1.807, 2.05) is 32.1 Å². The molecule has 4 atom stereocenters. The first-order valence-electron chi connectivity index (χ1n) is 22.3. The maximum absolute atomic E-state index is 14.3. The molecule has 5 rings (SSSR count). The number of esters is 1. The van der Waals surface area contributed by atoms with Gasteiger partial charge in [-0.3, -0.25) is 19.6 Å². The molecule has 5 aliphatic rings. The van der Waals surface area contributed by atoms with E-state index in [1.54, 1.807) is 6.92 Å². The predicted molar refractivity (Wildman–Crippen MR) is 249 cm³/mol. The van der Waals surface area contributed by atoms with Gasteiger partial charge in [-0.25, -0.2) is 9.98 Å². The maximum Gasteiger partial charge on any atom is 2.00 e. The summed E-state index contributed by atoms with van der Waals surface area (Å²) >= 11 is 0. The Hall–Kier alpha value is -5.28. The number of likely N-dealkylation sites (N-methyl/N-ethyl adjacent to an activating group) is 2. The normalized spacial score (nSPS) is 22.0. The zero-order chi connectivity index (χ0) is 50.0. The van der Waals surface area contributed by atoms with E-state index in [4.69, 9.17) is 39.5 Å². The molecular weight excluding hydrogens is 951 g/mol. The number of hydrogen-bond acceptors (Lipinski definition) is 14. The van der Waals surface area contributed by atoms with Crippen LogP contribution in [0.5, 0.6) is 0 Å². The number of nitrogens with zero attached hydrogens (tertiary/aromatic N) is 6. The second-order valence-corrected chi connectivity index (χ2v) is 19.2. The third kappa shape index (κ3) is 16.2. The van der Waals surface area contributed by atoms with Crippen LogP contribution < -0.4 is 31.1 Å². The van der Waals surface area contributed by atoms with Crippen molar-refractivity contribution in [1.29, 1.82) is 0 Å². The molecular formula is C49H70N8O9Pd. The van der Waals surface area contributed by atoms with Crippen molar-refractivity contribution in [2.75, 3.05) is 75.6 Å². The van der Waals surface area contributed by atoms with Crippen LogP contribution in [0.3, 0.4) is 0 Å². The number of amides is 1. The summed E-state index contributed by atoms with van der Waals surface area (Å²) in [5, 5.41) is 52.0. The van der Waals surface area contributed by atoms with Gasteiger partial charge in [0.2, 0.25) is 5.91 Å². The molecule has 1 fully saturated rings. The number of carbonyl (C=O) groups is 4. The van der Waals surface area contributed by atoms with Gasteiger partial charge in [0, 0.05) is 70.3 Å². The van der Waals surface area contributed by atoms with Gasteiger partial charge in [0.05, 0.1) is 111 Å². The fraction of sp³-hybridized carbons (Fsp3) is 0.551. The largest absolute Gasteiger partial charge is 2.00 e. The van der Waals surface area contributed by atoms with Gasteiger partial charge in [-0.1, -0.05) is 27.7 Å². The van der Waals surface area contributed by atoms with Crippen LogP contribution in [0.2, 0.25) is 0 Å². The first-order chi connectivity index (χ1) is 30.6. The summed E-state index contributed by atoms with van der Waals surface area (Å²) in [5.41, 5.74) is 8.09. The summed E-state index contributed by atoms with van der Waals surface area (Å²) in [4.78, 5) is 64.5. The molecule has 0 unspecified atom stereocenters. The SMILES string of the molecule is CC(=O)[O-].CC(=O)[O-].CC[C@H]1C2=CC3=NC(=C(CC(=O)OC)C4=NC(=CC5=C(C)/C(=C(/C)[O-])C(=N5)C=C(N2)[C@@H]1C)[C@@H](C)[C@@H]4CCC(=O)NCC[N+](C)(C)C)C(C([O-])=NCC[N+](C)(C)C)=C3C.[Pd+2]. The summed E-state index contributed by atoms with van der Waals surface area (Å²) in [6.07, 6.45) is 7.19. The number of carboxylic acids is 2. The molecule has 0 aliphatic carbocycles. The number of fused-ring (bicyclic) bond motifs is 5. The Morgan fingerprint density at radius 2 is 1.39 bits per heavy atom. The number of quaternary nitrogens is 2. The number of allylic oxidation sites excluding steroid dienone is 10. The summed E-state index contributed by atoms with van der Waals surface area (Å²) in [7, 11) is 13.7. The topological polar surface area (TPSA) is 243 Å². The Bertz CT molecular complexity index is 2270. The van der Waals surface area contributed by atoms with E-state index in [2.05, 4.69) is 78.7 Å². The zero-order valence-corrected chi connectivity index (χ0v) is 43.4. The third-order valence-electron chi connectivity index (χ3n) is 11.8. The van der Waals surface area contributed by atoms with Gasteiger partial charge in [-0.15, -0.1) is 5.76 Å². The van der Waals surface area contributed by atoms with Crippen molar-refractivity contribution in [3.8, 4) is 0 Å². The third-order valence-corrected chi connectivity index (χ3v) is 11.8. The Balaban J connectivity index is 0.00000158. The molecule has 1 amide bonds. The first-order valence-corrected chi connectivity index (χ1v) is 22.3. The second kappa shape index (κ2) is 24.7.